The molecule has 1 aromatic carbocycles. The third-order valence-electron chi connectivity index (χ3n) is 2.43. The lowest BCUT2D eigenvalue weighted by atomic mass is 10.2. The summed E-state index contributed by atoms with van der Waals surface area (Å²) in [6, 6.07) is 4.15. The van der Waals surface area contributed by atoms with Crippen LogP contribution in [0, 0.1) is 12.8 Å². The molecule has 0 amide bonds. The normalized spacial score (nSPS) is 12.7. The van der Waals surface area contributed by atoms with E-state index in [-0.39, 0.29) is 23.0 Å². The van der Waals surface area contributed by atoms with Crippen LogP contribution in [0.3, 0.4) is 0 Å². The van der Waals surface area contributed by atoms with Crippen molar-refractivity contribution in [1.29, 1.82) is 0 Å². The van der Waals surface area contributed by atoms with Crippen molar-refractivity contribution in [3.05, 3.63) is 23.8 Å². The monoisotopic (exact) mass is 321 g/mol. The van der Waals surface area contributed by atoms with Gasteiger partial charge in [-0.15, -0.1) is 0 Å². The molecular formula is C11H19N3O4S2. The maximum atomic E-state index is 11.7. The minimum absolute atomic E-state index is 0.110. The average Bonchev–Trinajstić information content (AvgIpc) is 2.27. The van der Waals surface area contributed by atoms with Crippen LogP contribution in [0.5, 0.6) is 0 Å². The van der Waals surface area contributed by atoms with E-state index in [1.165, 1.54) is 18.2 Å². The van der Waals surface area contributed by atoms with Gasteiger partial charge in [0.25, 0.3) is 10.2 Å². The van der Waals surface area contributed by atoms with E-state index in [1.807, 2.05) is 13.8 Å². The Balaban J connectivity index is 3.00. The van der Waals surface area contributed by atoms with Crippen LogP contribution in [0.1, 0.15) is 19.4 Å². The molecule has 0 aliphatic rings. The Labute approximate surface area is 119 Å². The molecule has 0 saturated carbocycles. The Kier molecular flexibility index (Phi) is 5.14. The molecule has 0 aromatic heterocycles. The number of benzene rings is 1. The van der Waals surface area contributed by atoms with Crippen molar-refractivity contribution >= 4 is 25.9 Å². The van der Waals surface area contributed by atoms with Crippen molar-refractivity contribution in [2.75, 3.05) is 11.3 Å². The van der Waals surface area contributed by atoms with Crippen LogP contribution in [-0.2, 0) is 20.2 Å². The van der Waals surface area contributed by atoms with E-state index in [2.05, 4.69) is 9.44 Å². The summed E-state index contributed by atoms with van der Waals surface area (Å²) >= 11 is 0. The molecule has 0 saturated heterocycles. The third kappa shape index (κ3) is 5.08. The van der Waals surface area contributed by atoms with Crippen molar-refractivity contribution < 1.29 is 16.8 Å². The highest BCUT2D eigenvalue weighted by molar-refractivity contribution is 7.90. The summed E-state index contributed by atoms with van der Waals surface area (Å²) in [5, 5.41) is 5.07. The molecule has 0 aliphatic carbocycles. The molecule has 0 bridgehead atoms. The predicted octanol–water partition coefficient (Wildman–Crippen LogP) is 0.545. The molecule has 0 unspecified atom stereocenters. The number of hydrogen-bond acceptors (Lipinski definition) is 4. The molecule has 4 N–H and O–H groups in total. The molecule has 0 heterocycles. The van der Waals surface area contributed by atoms with E-state index in [0.29, 0.717) is 5.56 Å². The first-order valence-corrected chi connectivity index (χ1v) is 8.95. The first kappa shape index (κ1) is 16.9. The second kappa shape index (κ2) is 6.08. The second-order valence-electron chi connectivity index (χ2n) is 4.87. The van der Waals surface area contributed by atoms with Gasteiger partial charge in [-0.2, -0.15) is 13.1 Å². The first-order chi connectivity index (χ1) is 9.01. The molecule has 0 fully saturated rings. The van der Waals surface area contributed by atoms with E-state index in [4.69, 9.17) is 5.14 Å². The van der Waals surface area contributed by atoms with E-state index in [9.17, 15) is 16.8 Å². The second-order valence-corrected chi connectivity index (χ2v) is 7.90. The molecule has 0 aliphatic heterocycles. The number of rotatable bonds is 6. The van der Waals surface area contributed by atoms with Crippen LogP contribution in [0.25, 0.3) is 0 Å². The molecule has 7 nitrogen and oxygen atoms in total. The van der Waals surface area contributed by atoms with Crippen LogP contribution in [-0.4, -0.2) is 23.4 Å². The lowest BCUT2D eigenvalue weighted by molar-refractivity contribution is 0.564. The van der Waals surface area contributed by atoms with Gasteiger partial charge in [0.1, 0.15) is 0 Å². The smallest absolute Gasteiger partial charge is 0.271 e. The van der Waals surface area contributed by atoms with E-state index in [0.717, 1.165) is 0 Å². The van der Waals surface area contributed by atoms with Crippen molar-refractivity contribution in [3.8, 4) is 0 Å². The van der Waals surface area contributed by atoms with Crippen LogP contribution < -0.4 is 14.6 Å². The van der Waals surface area contributed by atoms with Gasteiger partial charge in [0.05, 0.1) is 10.6 Å². The zero-order valence-electron chi connectivity index (χ0n) is 11.5. The Morgan fingerprint density at radius 3 is 2.30 bits per heavy atom. The summed E-state index contributed by atoms with van der Waals surface area (Å²) in [5.41, 5.74) is 0.585. The lowest BCUT2D eigenvalue weighted by Crippen LogP contribution is -2.33. The minimum atomic E-state index is -3.89. The van der Waals surface area contributed by atoms with Gasteiger partial charge in [-0.1, -0.05) is 19.9 Å². The van der Waals surface area contributed by atoms with Gasteiger partial charge >= 0.3 is 0 Å². The quantitative estimate of drug-likeness (QED) is 0.708. The van der Waals surface area contributed by atoms with E-state index < -0.39 is 20.2 Å². The fraction of sp³-hybridized carbons (Fsp3) is 0.455. The van der Waals surface area contributed by atoms with Gasteiger partial charge in [-0.05, 0) is 30.5 Å². The summed E-state index contributed by atoms with van der Waals surface area (Å²) in [6.45, 7) is 5.60. The summed E-state index contributed by atoms with van der Waals surface area (Å²) in [6.07, 6.45) is 0. The first-order valence-electron chi connectivity index (χ1n) is 5.92. The predicted molar refractivity (Wildman–Crippen MR) is 77.9 cm³/mol. The van der Waals surface area contributed by atoms with Gasteiger partial charge in [0.15, 0.2) is 0 Å². The van der Waals surface area contributed by atoms with Crippen molar-refractivity contribution in [1.82, 2.24) is 4.72 Å². The largest absolute Gasteiger partial charge is 0.299 e. The maximum absolute atomic E-state index is 11.7. The zero-order valence-corrected chi connectivity index (χ0v) is 13.2. The number of primary sulfonamides is 1. The topological polar surface area (TPSA) is 118 Å². The number of anilines is 1. The standard InChI is InChI=1S/C11H19N3O4S2/c1-8(2)7-13-20(17,18)14-10-5-4-9(3)11(6-10)19(12,15)16/h4-6,8,13-14H,7H2,1-3H3,(H2,12,15,16). The van der Waals surface area contributed by atoms with Crippen LogP contribution in [0.2, 0.25) is 0 Å². The van der Waals surface area contributed by atoms with Crippen molar-refractivity contribution in [2.45, 2.75) is 25.7 Å². The van der Waals surface area contributed by atoms with Gasteiger partial charge < -0.3 is 0 Å². The van der Waals surface area contributed by atoms with Crippen LogP contribution >= 0.6 is 0 Å². The zero-order chi connectivity index (χ0) is 15.6. The summed E-state index contributed by atoms with van der Waals surface area (Å²) in [4.78, 5) is -0.110. The molecule has 0 spiro atoms. The number of nitrogens with two attached hydrogens (primary N) is 1. The van der Waals surface area contributed by atoms with E-state index in [1.54, 1.807) is 6.92 Å². The van der Waals surface area contributed by atoms with Gasteiger partial charge in [-0.3, -0.25) is 4.72 Å². The SMILES string of the molecule is Cc1ccc(NS(=O)(=O)NCC(C)C)cc1S(N)(=O)=O. The van der Waals surface area contributed by atoms with Crippen LogP contribution in [0.4, 0.5) is 5.69 Å². The van der Waals surface area contributed by atoms with Crippen molar-refractivity contribution in [3.63, 3.8) is 0 Å². The highest BCUT2D eigenvalue weighted by atomic mass is 32.2. The molecular weight excluding hydrogens is 302 g/mol. The van der Waals surface area contributed by atoms with Crippen LogP contribution in [0.15, 0.2) is 23.1 Å². The molecule has 1 aromatic rings. The Morgan fingerprint density at radius 1 is 1.20 bits per heavy atom. The molecule has 114 valence electrons. The summed E-state index contributed by atoms with van der Waals surface area (Å²) in [5.74, 6) is 0.157. The van der Waals surface area contributed by atoms with Gasteiger partial charge in [0, 0.05) is 6.54 Å². The molecule has 1 rings (SSSR count). The highest BCUT2D eigenvalue weighted by Gasteiger charge is 2.15. The molecule has 0 atom stereocenters. The summed E-state index contributed by atoms with van der Waals surface area (Å²) in [7, 11) is -7.63. The number of nitrogens with one attached hydrogen (secondary N) is 2. The lowest BCUT2D eigenvalue weighted by Gasteiger charge is -2.12. The van der Waals surface area contributed by atoms with E-state index >= 15 is 0 Å². The Hall–Kier alpha value is -1.16. The third-order valence-corrected chi connectivity index (χ3v) is 4.53. The van der Waals surface area contributed by atoms with Gasteiger partial charge in [0.2, 0.25) is 10.0 Å². The fourth-order valence-electron chi connectivity index (χ4n) is 1.44. The summed E-state index contributed by atoms with van der Waals surface area (Å²) < 4.78 is 50.9. The van der Waals surface area contributed by atoms with Gasteiger partial charge in [-0.25, -0.2) is 13.6 Å². The number of aryl methyl sites for hydroxylation is 1. The number of hydrogen-bond donors (Lipinski definition) is 3. The Bertz CT molecular complexity index is 682. The Morgan fingerprint density at radius 2 is 1.80 bits per heavy atom. The maximum Gasteiger partial charge on any atom is 0.299 e. The molecule has 0 radical (unpaired) electrons. The average molecular weight is 321 g/mol. The minimum Gasteiger partial charge on any atom is -0.271 e. The fourth-order valence-corrected chi connectivity index (χ4v) is 3.31. The number of sulfonamides is 1. The molecule has 9 heteroatoms. The highest BCUT2D eigenvalue weighted by Crippen LogP contribution is 2.19. The molecule has 20 heavy (non-hydrogen) atoms. The van der Waals surface area contributed by atoms with Crippen molar-refractivity contribution in [2.24, 2.45) is 11.1 Å².